The third-order valence-electron chi connectivity index (χ3n) is 3.79. The van der Waals surface area contributed by atoms with Crippen LogP contribution in [0.15, 0.2) is 4.90 Å². The molecule has 0 atom stereocenters. The van der Waals surface area contributed by atoms with Gasteiger partial charge in [0, 0.05) is 19.5 Å². The fourth-order valence-corrected chi connectivity index (χ4v) is 4.62. The molecule has 0 saturated carbocycles. The van der Waals surface area contributed by atoms with Crippen LogP contribution in [0.25, 0.3) is 0 Å². The summed E-state index contributed by atoms with van der Waals surface area (Å²) in [7, 11) is 0. The van der Waals surface area contributed by atoms with Crippen LogP contribution in [0.2, 0.25) is 0 Å². The first-order valence-electron chi connectivity index (χ1n) is 6.86. The minimum Gasteiger partial charge on any atom is -0.396 e. The molecule has 1 fully saturated rings. The highest BCUT2D eigenvalue weighted by molar-refractivity contribution is 7.99. The van der Waals surface area contributed by atoms with Crippen molar-refractivity contribution in [3.05, 3.63) is 4.88 Å². The maximum Gasteiger partial charge on any atom is 0.174 e. The monoisotopic (exact) mass is 314 g/mol. The molecule has 0 aromatic carbocycles. The number of nitrogen functional groups attached to an aromatic ring is 1. The molecule has 3 N–H and O–H groups in total. The summed E-state index contributed by atoms with van der Waals surface area (Å²) in [5, 5.41) is 11.1. The van der Waals surface area contributed by atoms with E-state index in [1.807, 2.05) is 20.1 Å². The lowest BCUT2D eigenvalue weighted by molar-refractivity contribution is 0.0352. The van der Waals surface area contributed by atoms with Crippen LogP contribution in [0.1, 0.15) is 42.8 Å². The standard InChI is InChI=1S/C14H22N2O2S2/c1-4-9(17)11-10(15)12(19-3)13(20-11)16-7-5-14(2,18)6-8-16/h18H,4-8,15H2,1-3H3. The molecule has 0 radical (unpaired) electrons. The van der Waals surface area contributed by atoms with Crippen molar-refractivity contribution in [2.45, 2.75) is 43.6 Å². The first-order chi connectivity index (χ1) is 9.39. The van der Waals surface area contributed by atoms with E-state index < -0.39 is 5.60 Å². The van der Waals surface area contributed by atoms with E-state index in [2.05, 4.69) is 4.90 Å². The molecule has 0 spiro atoms. The molecule has 0 aliphatic carbocycles. The molecule has 0 amide bonds. The van der Waals surface area contributed by atoms with Crippen LogP contribution in [0.4, 0.5) is 10.7 Å². The Labute approximate surface area is 128 Å². The summed E-state index contributed by atoms with van der Waals surface area (Å²) in [5.41, 5.74) is 6.20. The van der Waals surface area contributed by atoms with Gasteiger partial charge in [-0.15, -0.1) is 23.1 Å². The van der Waals surface area contributed by atoms with Gasteiger partial charge in [-0.3, -0.25) is 4.79 Å². The fraction of sp³-hybridized carbons (Fsp3) is 0.643. The second kappa shape index (κ2) is 5.95. The second-order valence-electron chi connectivity index (χ2n) is 5.44. The average Bonchev–Trinajstić information content (AvgIpc) is 2.75. The lowest BCUT2D eigenvalue weighted by atomic mass is 9.94. The van der Waals surface area contributed by atoms with Crippen molar-refractivity contribution >= 4 is 39.6 Å². The number of thioether (sulfide) groups is 1. The third kappa shape index (κ3) is 2.97. The van der Waals surface area contributed by atoms with E-state index in [-0.39, 0.29) is 5.78 Å². The smallest absolute Gasteiger partial charge is 0.174 e. The fourth-order valence-electron chi connectivity index (χ4n) is 2.38. The van der Waals surface area contributed by atoms with Gasteiger partial charge in [-0.2, -0.15) is 0 Å². The zero-order valence-electron chi connectivity index (χ0n) is 12.2. The lowest BCUT2D eigenvalue weighted by Gasteiger charge is -2.36. The van der Waals surface area contributed by atoms with Gasteiger partial charge in [0.1, 0.15) is 5.00 Å². The molecule has 4 nitrogen and oxygen atoms in total. The maximum atomic E-state index is 12.0. The molecular weight excluding hydrogens is 292 g/mol. The molecule has 6 heteroatoms. The first-order valence-corrected chi connectivity index (χ1v) is 8.90. The van der Waals surface area contributed by atoms with Crippen LogP contribution >= 0.6 is 23.1 Å². The van der Waals surface area contributed by atoms with Crippen molar-refractivity contribution in [3.8, 4) is 0 Å². The van der Waals surface area contributed by atoms with Crippen molar-refractivity contribution in [2.75, 3.05) is 30.0 Å². The molecule has 20 heavy (non-hydrogen) atoms. The van der Waals surface area contributed by atoms with Crippen LogP contribution in [0.3, 0.4) is 0 Å². The minimum atomic E-state index is -0.569. The predicted octanol–water partition coefficient (Wildman–Crippen LogP) is 3.00. The summed E-state index contributed by atoms with van der Waals surface area (Å²) in [6, 6.07) is 0. The number of carbonyl (C=O) groups excluding carboxylic acids is 1. The molecule has 2 heterocycles. The Hall–Kier alpha value is -0.720. The van der Waals surface area contributed by atoms with Gasteiger partial charge in [-0.05, 0) is 26.0 Å². The normalized spacial score (nSPS) is 18.3. The topological polar surface area (TPSA) is 66.6 Å². The van der Waals surface area contributed by atoms with Gasteiger partial charge in [0.2, 0.25) is 0 Å². The Morgan fingerprint density at radius 2 is 2.10 bits per heavy atom. The number of thiophene rings is 1. The van der Waals surface area contributed by atoms with Crippen LogP contribution in [-0.2, 0) is 0 Å². The van der Waals surface area contributed by atoms with Gasteiger partial charge in [-0.1, -0.05) is 6.92 Å². The van der Waals surface area contributed by atoms with Gasteiger partial charge >= 0.3 is 0 Å². The van der Waals surface area contributed by atoms with Crippen LogP contribution in [0, 0.1) is 0 Å². The Morgan fingerprint density at radius 1 is 1.50 bits per heavy atom. The van der Waals surface area contributed by atoms with Crippen LogP contribution in [0.5, 0.6) is 0 Å². The molecule has 1 aliphatic rings. The Morgan fingerprint density at radius 3 is 2.60 bits per heavy atom. The number of nitrogens with two attached hydrogens (primary N) is 1. The SMILES string of the molecule is CCC(=O)c1sc(N2CCC(C)(O)CC2)c(SC)c1N. The van der Waals surface area contributed by atoms with Crippen LogP contribution < -0.4 is 10.6 Å². The van der Waals surface area contributed by atoms with Crippen molar-refractivity contribution in [1.29, 1.82) is 0 Å². The van der Waals surface area contributed by atoms with Crippen molar-refractivity contribution < 1.29 is 9.90 Å². The quantitative estimate of drug-likeness (QED) is 0.660. The second-order valence-corrected chi connectivity index (χ2v) is 7.26. The first kappa shape index (κ1) is 15.7. The molecule has 112 valence electrons. The third-order valence-corrected chi connectivity index (χ3v) is 6.05. The molecule has 1 saturated heterocycles. The molecule has 1 aromatic rings. The van der Waals surface area contributed by atoms with Crippen molar-refractivity contribution in [2.24, 2.45) is 0 Å². The predicted molar refractivity (Wildman–Crippen MR) is 87.2 cm³/mol. The number of piperidine rings is 1. The van der Waals surface area contributed by atoms with Crippen molar-refractivity contribution in [1.82, 2.24) is 0 Å². The van der Waals surface area contributed by atoms with Gasteiger partial charge in [0.25, 0.3) is 0 Å². The summed E-state index contributed by atoms with van der Waals surface area (Å²) in [6.07, 6.45) is 3.96. The maximum absolute atomic E-state index is 12.0. The summed E-state index contributed by atoms with van der Waals surface area (Å²) in [4.78, 5) is 15.9. The largest absolute Gasteiger partial charge is 0.396 e. The van der Waals surface area contributed by atoms with Crippen molar-refractivity contribution in [3.63, 3.8) is 0 Å². The number of ketones is 1. The van der Waals surface area contributed by atoms with Crippen LogP contribution in [-0.4, -0.2) is 35.8 Å². The van der Waals surface area contributed by atoms with E-state index in [4.69, 9.17) is 5.73 Å². The molecule has 0 bridgehead atoms. The number of hydrogen-bond acceptors (Lipinski definition) is 6. The Kier molecular flexibility index (Phi) is 4.66. The average molecular weight is 314 g/mol. The molecular formula is C14H22N2O2S2. The van der Waals surface area contributed by atoms with Gasteiger partial charge < -0.3 is 15.7 Å². The summed E-state index contributed by atoms with van der Waals surface area (Å²) < 4.78 is 0. The highest BCUT2D eigenvalue weighted by atomic mass is 32.2. The zero-order valence-corrected chi connectivity index (χ0v) is 13.9. The number of rotatable bonds is 4. The van der Waals surface area contributed by atoms with E-state index in [1.54, 1.807) is 11.8 Å². The number of Topliss-reactive ketones (excluding diaryl/α,β-unsaturated/α-hetero) is 1. The number of carbonyl (C=O) groups is 1. The van der Waals surface area contributed by atoms with Gasteiger partial charge in [0.05, 0.1) is 21.1 Å². The molecule has 1 aliphatic heterocycles. The molecule has 2 rings (SSSR count). The summed E-state index contributed by atoms with van der Waals surface area (Å²) >= 11 is 3.09. The number of aliphatic hydroxyl groups is 1. The highest BCUT2D eigenvalue weighted by Gasteiger charge is 2.30. The summed E-state index contributed by atoms with van der Waals surface area (Å²) in [6.45, 7) is 5.35. The summed E-state index contributed by atoms with van der Waals surface area (Å²) in [5.74, 6) is 0.109. The number of hydrogen-bond donors (Lipinski definition) is 2. The minimum absolute atomic E-state index is 0.109. The molecule has 1 aromatic heterocycles. The lowest BCUT2D eigenvalue weighted by Crippen LogP contribution is -2.42. The zero-order chi connectivity index (χ0) is 14.9. The van der Waals surface area contributed by atoms with Gasteiger partial charge in [0.15, 0.2) is 5.78 Å². The Balaban J connectivity index is 2.30. The highest BCUT2D eigenvalue weighted by Crippen LogP contribution is 2.45. The van der Waals surface area contributed by atoms with E-state index in [0.29, 0.717) is 17.0 Å². The Bertz CT molecular complexity index is 502. The van der Waals surface area contributed by atoms with Gasteiger partial charge in [-0.25, -0.2) is 0 Å². The number of nitrogens with zero attached hydrogens (tertiary/aromatic N) is 1. The van der Waals surface area contributed by atoms with E-state index in [9.17, 15) is 9.90 Å². The van der Waals surface area contributed by atoms with E-state index >= 15 is 0 Å². The number of anilines is 2. The molecule has 0 unspecified atom stereocenters. The van der Waals surface area contributed by atoms with E-state index in [1.165, 1.54) is 11.3 Å². The van der Waals surface area contributed by atoms with E-state index in [0.717, 1.165) is 35.8 Å².